The molecule has 0 saturated heterocycles. The van der Waals surface area contributed by atoms with Gasteiger partial charge in [-0.3, -0.25) is 4.79 Å². The van der Waals surface area contributed by atoms with Crippen LogP contribution in [0.15, 0.2) is 35.7 Å². The predicted octanol–water partition coefficient (Wildman–Crippen LogP) is 2.24. The van der Waals surface area contributed by atoms with Crippen LogP contribution in [0.5, 0.6) is 0 Å². The van der Waals surface area contributed by atoms with Crippen LogP contribution in [0.3, 0.4) is 0 Å². The van der Waals surface area contributed by atoms with Crippen molar-refractivity contribution in [1.82, 2.24) is 0 Å². The minimum absolute atomic E-state index is 0.121. The third kappa shape index (κ3) is 3.04. The zero-order valence-electron chi connectivity index (χ0n) is 9.33. The number of carbonyl (C=O) groups is 1. The molecule has 1 heterocycles. The van der Waals surface area contributed by atoms with Gasteiger partial charge in [-0.05, 0) is 28.1 Å². The van der Waals surface area contributed by atoms with Crippen LogP contribution in [-0.4, -0.2) is 14.7 Å². The lowest BCUT2D eigenvalue weighted by Crippen LogP contribution is -2.08. The molecule has 0 spiro atoms. The average Bonchev–Trinajstić information content (AvgIpc) is 2.78. The van der Waals surface area contributed by atoms with Crippen LogP contribution in [0.1, 0.15) is 15.2 Å². The molecular formula is C12H11NO3S2. The Kier molecular flexibility index (Phi) is 3.90. The van der Waals surface area contributed by atoms with E-state index < -0.39 is 17.0 Å². The Balaban J connectivity index is 2.22. The van der Waals surface area contributed by atoms with Crippen molar-refractivity contribution in [1.29, 1.82) is 0 Å². The summed E-state index contributed by atoms with van der Waals surface area (Å²) in [6, 6.07) is 9.05. The molecule has 6 heteroatoms. The second-order valence-electron chi connectivity index (χ2n) is 3.73. The van der Waals surface area contributed by atoms with Crippen molar-refractivity contribution < 1.29 is 13.6 Å². The first-order valence-electron chi connectivity index (χ1n) is 5.11. The second kappa shape index (κ2) is 5.43. The molecule has 0 radical (unpaired) electrons. The summed E-state index contributed by atoms with van der Waals surface area (Å²) in [5, 5.41) is 1.86. The van der Waals surface area contributed by atoms with E-state index in [1.165, 1.54) is 11.3 Å². The van der Waals surface area contributed by atoms with Gasteiger partial charge in [-0.15, -0.1) is 11.3 Å². The van der Waals surface area contributed by atoms with Crippen LogP contribution < -0.4 is 5.73 Å². The number of benzene rings is 1. The largest absolute Gasteiger partial charge is 0.365 e. The smallest absolute Gasteiger partial charge is 0.258 e. The van der Waals surface area contributed by atoms with E-state index in [1.807, 2.05) is 17.5 Å². The van der Waals surface area contributed by atoms with Crippen molar-refractivity contribution in [2.45, 2.75) is 5.75 Å². The number of thiophene rings is 1. The fourth-order valence-electron chi connectivity index (χ4n) is 1.55. The molecule has 1 aromatic carbocycles. The number of nitrogens with two attached hydrogens (primary N) is 1. The number of hydrogen-bond acceptors (Lipinski definition) is 3. The first-order chi connectivity index (χ1) is 8.56. The minimum atomic E-state index is -1.83. The Labute approximate surface area is 111 Å². The zero-order chi connectivity index (χ0) is 13.1. The van der Waals surface area contributed by atoms with Crippen molar-refractivity contribution in [3.8, 4) is 11.1 Å². The Hall–Kier alpha value is -1.50. The van der Waals surface area contributed by atoms with Crippen molar-refractivity contribution in [2.75, 3.05) is 0 Å². The first kappa shape index (κ1) is 12.9. The molecule has 94 valence electrons. The Morgan fingerprint density at radius 3 is 2.44 bits per heavy atom. The summed E-state index contributed by atoms with van der Waals surface area (Å²) < 4.78 is 19.4. The second-order valence-corrected chi connectivity index (χ2v) is 5.57. The first-order valence-corrected chi connectivity index (χ1v) is 7.27. The highest BCUT2D eigenvalue weighted by atomic mass is 32.2. The summed E-state index contributed by atoms with van der Waals surface area (Å²) in [6.07, 6.45) is 0. The fraction of sp³-hybridized carbons (Fsp3) is 0.0833. The van der Waals surface area contributed by atoms with Crippen LogP contribution in [0.25, 0.3) is 11.1 Å². The van der Waals surface area contributed by atoms with E-state index in [1.54, 1.807) is 18.2 Å². The Morgan fingerprint density at radius 1 is 1.28 bits per heavy atom. The van der Waals surface area contributed by atoms with Gasteiger partial charge >= 0.3 is 0 Å². The van der Waals surface area contributed by atoms with Crippen LogP contribution in [0, 0.1) is 0 Å². The molecule has 2 rings (SSSR count). The molecule has 3 N–H and O–H groups in total. The van der Waals surface area contributed by atoms with E-state index in [9.17, 15) is 9.00 Å². The number of rotatable bonds is 4. The molecule has 0 aliphatic heterocycles. The van der Waals surface area contributed by atoms with Crippen molar-refractivity contribution >= 4 is 28.3 Å². The van der Waals surface area contributed by atoms with Gasteiger partial charge < -0.3 is 10.3 Å². The van der Waals surface area contributed by atoms with E-state index >= 15 is 0 Å². The molecule has 18 heavy (non-hydrogen) atoms. The predicted molar refractivity (Wildman–Crippen MR) is 72.7 cm³/mol. The van der Waals surface area contributed by atoms with Gasteiger partial charge in [-0.1, -0.05) is 24.3 Å². The third-order valence-electron chi connectivity index (χ3n) is 2.42. The molecule has 4 nitrogen and oxygen atoms in total. The monoisotopic (exact) mass is 281 g/mol. The maximum Gasteiger partial charge on any atom is 0.258 e. The maximum atomic E-state index is 11.0. The Morgan fingerprint density at radius 2 is 1.94 bits per heavy atom. The lowest BCUT2D eigenvalue weighted by Gasteiger charge is -2.00. The summed E-state index contributed by atoms with van der Waals surface area (Å²) in [6.45, 7) is 0. The van der Waals surface area contributed by atoms with Crippen LogP contribution in [0.4, 0.5) is 0 Å². The molecule has 1 atom stereocenters. The highest BCUT2D eigenvalue weighted by Crippen LogP contribution is 2.25. The van der Waals surface area contributed by atoms with E-state index in [2.05, 4.69) is 0 Å². The molecule has 0 aliphatic rings. The molecule has 2 aromatic rings. The minimum Gasteiger partial charge on any atom is -0.365 e. The summed E-state index contributed by atoms with van der Waals surface area (Å²) in [7, 11) is 0. The standard InChI is InChI=1S/C12H11NO3S2/c13-12(14)11-5-10(6-17-11)9-3-1-8(2-4-9)7-18(15)16/h1-6H,7H2,(H2,13,14)(H,15,16). The summed E-state index contributed by atoms with van der Waals surface area (Å²) in [5.41, 5.74) is 7.86. The van der Waals surface area contributed by atoms with Gasteiger partial charge in [0, 0.05) is 0 Å². The molecular weight excluding hydrogens is 270 g/mol. The van der Waals surface area contributed by atoms with Gasteiger partial charge in [0.2, 0.25) is 0 Å². The van der Waals surface area contributed by atoms with Gasteiger partial charge in [-0.25, -0.2) is 4.21 Å². The highest BCUT2D eigenvalue weighted by Gasteiger charge is 2.06. The summed E-state index contributed by atoms with van der Waals surface area (Å²) in [4.78, 5) is 11.5. The number of amides is 1. The molecule has 1 amide bonds. The molecule has 1 aromatic heterocycles. The quantitative estimate of drug-likeness (QED) is 0.843. The lowest BCUT2D eigenvalue weighted by atomic mass is 10.1. The van der Waals surface area contributed by atoms with Gasteiger partial charge in [0.25, 0.3) is 5.91 Å². The van der Waals surface area contributed by atoms with Crippen molar-refractivity contribution in [2.24, 2.45) is 5.73 Å². The molecule has 1 unspecified atom stereocenters. The van der Waals surface area contributed by atoms with E-state index in [-0.39, 0.29) is 5.75 Å². The van der Waals surface area contributed by atoms with Crippen LogP contribution >= 0.6 is 11.3 Å². The van der Waals surface area contributed by atoms with Gasteiger partial charge in [0.15, 0.2) is 11.1 Å². The molecule has 0 bridgehead atoms. The molecule has 0 aliphatic carbocycles. The number of primary amides is 1. The SMILES string of the molecule is NC(=O)c1cc(-c2ccc(CS(=O)O)cc2)cs1. The fourth-order valence-corrected chi connectivity index (χ4v) is 2.80. The lowest BCUT2D eigenvalue weighted by molar-refractivity contribution is 0.100. The van der Waals surface area contributed by atoms with E-state index in [0.29, 0.717) is 4.88 Å². The normalized spacial score (nSPS) is 12.3. The van der Waals surface area contributed by atoms with Gasteiger partial charge in [0.1, 0.15) is 0 Å². The summed E-state index contributed by atoms with van der Waals surface area (Å²) >= 11 is -0.525. The Bertz CT molecular complexity index is 590. The highest BCUT2D eigenvalue weighted by molar-refractivity contribution is 7.78. The molecule has 0 fully saturated rings. The number of carbonyl (C=O) groups excluding carboxylic acids is 1. The van der Waals surface area contributed by atoms with E-state index in [4.69, 9.17) is 10.3 Å². The van der Waals surface area contributed by atoms with Crippen LogP contribution in [-0.2, 0) is 16.8 Å². The van der Waals surface area contributed by atoms with Gasteiger partial charge in [-0.2, -0.15) is 0 Å². The average molecular weight is 281 g/mol. The summed E-state index contributed by atoms with van der Waals surface area (Å²) in [5.74, 6) is -0.310. The number of hydrogen-bond donors (Lipinski definition) is 2. The molecule has 0 saturated carbocycles. The third-order valence-corrected chi connectivity index (χ3v) is 3.94. The topological polar surface area (TPSA) is 80.4 Å². The van der Waals surface area contributed by atoms with Crippen molar-refractivity contribution in [3.63, 3.8) is 0 Å². The van der Waals surface area contributed by atoms with Gasteiger partial charge in [0.05, 0.1) is 10.6 Å². The maximum absolute atomic E-state index is 11.0. The van der Waals surface area contributed by atoms with Crippen molar-refractivity contribution in [3.05, 3.63) is 46.2 Å². The van der Waals surface area contributed by atoms with Crippen LogP contribution in [0.2, 0.25) is 0 Å². The zero-order valence-corrected chi connectivity index (χ0v) is 11.0. The van der Waals surface area contributed by atoms with E-state index in [0.717, 1.165) is 16.7 Å².